The second kappa shape index (κ2) is 14.6. The molecule has 0 spiro atoms. The van der Waals surface area contributed by atoms with E-state index in [0.29, 0.717) is 5.92 Å². The molecule has 0 aromatic heterocycles. The van der Waals surface area contributed by atoms with Gasteiger partial charge in [0.05, 0.1) is 0 Å². The first-order valence-corrected chi connectivity index (χ1v) is 13.5. The molecular formula is C33H40B2O. The Bertz CT molecular complexity index is 1110. The fourth-order valence-corrected chi connectivity index (χ4v) is 5.24. The van der Waals surface area contributed by atoms with Gasteiger partial charge >= 0.3 is 72.6 Å². The van der Waals surface area contributed by atoms with Crippen molar-refractivity contribution in [3.8, 4) is 0 Å². The molecule has 1 saturated heterocycles. The van der Waals surface area contributed by atoms with Crippen molar-refractivity contribution in [2.45, 2.75) is 64.9 Å². The number of benzene rings is 3. The number of Topliss-reactive ketones (excluding diaryl/α,β-unsaturated/α-hetero) is 1. The Hall–Kier alpha value is -2.93. The van der Waals surface area contributed by atoms with Crippen LogP contribution >= 0.6 is 0 Å². The van der Waals surface area contributed by atoms with E-state index in [1.54, 1.807) is 6.92 Å². The summed E-state index contributed by atoms with van der Waals surface area (Å²) in [7, 11) is 0. The van der Waals surface area contributed by atoms with Crippen molar-refractivity contribution in [3.63, 3.8) is 0 Å². The molecule has 184 valence electrons. The molecule has 36 heavy (non-hydrogen) atoms. The summed E-state index contributed by atoms with van der Waals surface area (Å²) in [5.74, 6) is 3.42. The molecule has 3 heteroatoms. The van der Waals surface area contributed by atoms with Crippen LogP contribution in [-0.2, 0) is 0 Å². The minimum atomic E-state index is 0.115. The predicted octanol–water partition coefficient (Wildman–Crippen LogP) is 7.84. The van der Waals surface area contributed by atoms with Crippen LogP contribution in [0.2, 0.25) is 19.0 Å². The molecule has 1 atom stereocenters. The van der Waals surface area contributed by atoms with Crippen LogP contribution in [0.5, 0.6) is 0 Å². The first kappa shape index (κ1) is 27.7. The Morgan fingerprint density at radius 1 is 0.972 bits per heavy atom. The molecule has 3 aromatic carbocycles. The van der Waals surface area contributed by atoms with E-state index in [0.717, 1.165) is 23.7 Å². The number of allylic oxidation sites excluding steroid dienone is 1. The number of carbonyl (C=O) groups excluding carboxylic acids is 1. The monoisotopic (exact) mass is 474 g/mol. The number of hydrogen-bond acceptors (Lipinski definition) is 1. The SMILES string of the molecule is C=C(c1ccccc1)C(CCB1CCC(C)CC1)c1ccccc1.CC=Bc1ccccc1C(C)=O. The second-order valence-corrected chi connectivity index (χ2v) is 10.2. The molecular weight excluding hydrogens is 434 g/mol. The zero-order valence-corrected chi connectivity index (χ0v) is 22.3. The third kappa shape index (κ3) is 8.33. The van der Waals surface area contributed by atoms with E-state index in [-0.39, 0.29) is 5.78 Å². The molecule has 1 heterocycles. The van der Waals surface area contributed by atoms with Gasteiger partial charge in [-0.1, -0.05) is 106 Å². The third-order valence-electron chi connectivity index (χ3n) is 7.45. The quantitative estimate of drug-likeness (QED) is 0.240. The Balaban J connectivity index is 0.000000253. The van der Waals surface area contributed by atoms with Gasteiger partial charge in [-0.2, -0.15) is 0 Å². The summed E-state index contributed by atoms with van der Waals surface area (Å²) in [5, 5.41) is 0. The van der Waals surface area contributed by atoms with Gasteiger partial charge in [0, 0.05) is 5.92 Å². The number of rotatable bonds is 8. The van der Waals surface area contributed by atoms with E-state index in [1.807, 2.05) is 44.1 Å². The molecule has 1 nitrogen and oxygen atoms in total. The molecule has 0 aliphatic carbocycles. The van der Waals surface area contributed by atoms with Crippen molar-refractivity contribution in [2.24, 2.45) is 5.92 Å². The molecule has 1 fully saturated rings. The zero-order chi connectivity index (χ0) is 25.8. The van der Waals surface area contributed by atoms with E-state index >= 15 is 0 Å². The molecule has 1 aliphatic heterocycles. The number of carbonyl (C=O) groups is 1. The Morgan fingerprint density at radius 2 is 1.56 bits per heavy atom. The van der Waals surface area contributed by atoms with Crippen LogP contribution in [0, 0.1) is 5.92 Å². The van der Waals surface area contributed by atoms with Crippen molar-refractivity contribution in [2.75, 3.05) is 0 Å². The summed E-state index contributed by atoms with van der Waals surface area (Å²) in [4.78, 5) is 11.1. The van der Waals surface area contributed by atoms with Gasteiger partial charge in [-0.25, -0.2) is 0 Å². The molecule has 4 rings (SSSR count). The normalized spacial score (nSPS) is 14.5. The molecule has 1 unspecified atom stereocenters. The summed E-state index contributed by atoms with van der Waals surface area (Å²) in [6, 6.07) is 29.2. The van der Waals surface area contributed by atoms with Gasteiger partial charge < -0.3 is 0 Å². The first-order chi connectivity index (χ1) is 17.5. The van der Waals surface area contributed by atoms with Gasteiger partial charge in [0.25, 0.3) is 0 Å². The fraction of sp³-hybridized carbons (Fsp3) is 0.333. The van der Waals surface area contributed by atoms with Gasteiger partial charge in [-0.05, 0) is 29.0 Å². The van der Waals surface area contributed by atoms with Crippen molar-refractivity contribution < 1.29 is 4.79 Å². The standard InChI is InChI=1S/C23H29B.C10H11BO/c1-19-13-16-24(17-14-19)18-15-23(22-11-7-4-8-12-22)20(2)21-9-5-3-6-10-21;1-3-11-10-7-5-4-6-9(10)8(2)12/h3-12,19,23H,2,13-18H2,1H3;3-7H,1-2H3. The molecule has 0 amide bonds. The van der Waals surface area contributed by atoms with E-state index in [2.05, 4.69) is 74.2 Å². The summed E-state index contributed by atoms with van der Waals surface area (Å²) in [6.45, 7) is 13.3. The van der Waals surface area contributed by atoms with Crippen molar-refractivity contribution in [3.05, 3.63) is 108 Å². The topological polar surface area (TPSA) is 17.1 Å². The van der Waals surface area contributed by atoms with Crippen molar-refractivity contribution in [1.29, 1.82) is 0 Å². The Kier molecular flexibility index (Phi) is 11.2. The molecule has 3 aromatic rings. The van der Waals surface area contributed by atoms with Crippen molar-refractivity contribution >= 4 is 36.4 Å². The van der Waals surface area contributed by atoms with E-state index < -0.39 is 0 Å². The maximum absolute atomic E-state index is 11.1. The number of hydrogen-bond donors (Lipinski definition) is 0. The van der Waals surface area contributed by atoms with Gasteiger partial charge in [0.1, 0.15) is 6.71 Å². The molecule has 0 saturated carbocycles. The van der Waals surface area contributed by atoms with E-state index in [1.165, 1.54) is 54.9 Å². The number of ketones is 1. The fourth-order valence-electron chi connectivity index (χ4n) is 5.24. The summed E-state index contributed by atoms with van der Waals surface area (Å²) in [5.41, 5.74) is 5.74. The summed E-state index contributed by atoms with van der Waals surface area (Å²) >= 11 is 0. The van der Waals surface area contributed by atoms with Crippen LogP contribution in [0.4, 0.5) is 0 Å². The van der Waals surface area contributed by atoms with Gasteiger partial charge in [-0.3, -0.25) is 0 Å². The Labute approximate surface area is 220 Å². The summed E-state index contributed by atoms with van der Waals surface area (Å²) < 4.78 is 0. The van der Waals surface area contributed by atoms with E-state index in [4.69, 9.17) is 0 Å². The van der Waals surface area contributed by atoms with Crippen LogP contribution in [-0.4, -0.2) is 25.4 Å². The van der Waals surface area contributed by atoms with Gasteiger partial charge in [-0.15, -0.1) is 0 Å². The van der Waals surface area contributed by atoms with Crippen LogP contribution in [0.3, 0.4) is 0 Å². The van der Waals surface area contributed by atoms with Gasteiger partial charge in [0.15, 0.2) is 0 Å². The first-order valence-electron chi connectivity index (χ1n) is 13.5. The molecule has 0 bridgehead atoms. The van der Waals surface area contributed by atoms with Crippen LogP contribution < -0.4 is 5.46 Å². The third-order valence-corrected chi connectivity index (χ3v) is 7.45. The summed E-state index contributed by atoms with van der Waals surface area (Å²) in [6.07, 6.45) is 8.22. The second-order valence-electron chi connectivity index (χ2n) is 10.2. The van der Waals surface area contributed by atoms with Crippen LogP contribution in [0.15, 0.2) is 91.5 Å². The Morgan fingerprint density at radius 3 is 2.17 bits per heavy atom. The molecule has 0 radical (unpaired) electrons. The van der Waals surface area contributed by atoms with E-state index in [9.17, 15) is 4.79 Å². The predicted molar refractivity (Wildman–Crippen MR) is 161 cm³/mol. The van der Waals surface area contributed by atoms with Crippen LogP contribution in [0.1, 0.15) is 67.4 Å². The minimum absolute atomic E-state index is 0.115. The van der Waals surface area contributed by atoms with Crippen molar-refractivity contribution in [1.82, 2.24) is 0 Å². The maximum atomic E-state index is 11.1. The van der Waals surface area contributed by atoms with Crippen LogP contribution in [0.25, 0.3) is 5.57 Å². The molecule has 0 N–H and O–H groups in total. The zero-order valence-electron chi connectivity index (χ0n) is 22.3. The molecule has 1 aliphatic rings. The average molecular weight is 474 g/mol. The van der Waals surface area contributed by atoms with Gasteiger partial charge in [0.2, 0.25) is 0 Å². The average Bonchev–Trinajstić information content (AvgIpc) is 2.91.